The van der Waals surface area contributed by atoms with Crippen LogP contribution in [-0.4, -0.2) is 37.3 Å². The first-order valence-corrected chi connectivity index (χ1v) is 10.9. The molecule has 0 bridgehead atoms. The van der Waals surface area contributed by atoms with E-state index in [0.717, 1.165) is 62.8 Å². The quantitative estimate of drug-likeness (QED) is 0.336. The lowest BCUT2D eigenvalue weighted by atomic mass is 9.98. The third-order valence-corrected chi connectivity index (χ3v) is 5.23. The van der Waals surface area contributed by atoms with Gasteiger partial charge >= 0.3 is 0 Å². The van der Waals surface area contributed by atoms with Crippen LogP contribution in [0.15, 0.2) is 52.3 Å². The van der Waals surface area contributed by atoms with Crippen LogP contribution in [-0.2, 0) is 6.54 Å². The Balaban J connectivity index is 1.74. The molecule has 0 fully saturated rings. The summed E-state index contributed by atoms with van der Waals surface area (Å²) in [6.07, 6.45) is 2.90. The SMILES string of the molecule is CCNC(=NCCCCn1c(C)cccc1=O)NCCC(C)c1ccc(OC)cc1. The number of guanidine groups is 1. The van der Waals surface area contributed by atoms with Crippen molar-refractivity contribution < 1.29 is 4.74 Å². The van der Waals surface area contributed by atoms with Crippen LogP contribution in [0, 0.1) is 6.92 Å². The fourth-order valence-electron chi connectivity index (χ4n) is 3.33. The molecule has 164 valence electrons. The van der Waals surface area contributed by atoms with Gasteiger partial charge in [0.25, 0.3) is 5.56 Å². The maximum atomic E-state index is 11.9. The van der Waals surface area contributed by atoms with E-state index in [1.54, 1.807) is 13.2 Å². The topological polar surface area (TPSA) is 67.7 Å². The molecule has 1 aromatic heterocycles. The number of aromatic nitrogens is 1. The van der Waals surface area contributed by atoms with Crippen molar-refractivity contribution >= 4 is 5.96 Å². The number of nitrogens with zero attached hydrogens (tertiary/aromatic N) is 2. The summed E-state index contributed by atoms with van der Waals surface area (Å²) < 4.78 is 7.05. The number of benzene rings is 1. The Kier molecular flexibility index (Phi) is 9.98. The second-order valence-electron chi connectivity index (χ2n) is 7.51. The van der Waals surface area contributed by atoms with Crippen LogP contribution in [0.2, 0.25) is 0 Å². The number of aryl methyl sites for hydroxylation is 1. The Labute approximate surface area is 180 Å². The predicted octanol–water partition coefficient (Wildman–Crippen LogP) is 3.69. The average Bonchev–Trinajstić information content (AvgIpc) is 2.75. The predicted molar refractivity (Wildman–Crippen MR) is 125 cm³/mol. The molecular weight excluding hydrogens is 376 g/mol. The van der Waals surface area contributed by atoms with Gasteiger partial charge in [-0.1, -0.05) is 25.1 Å². The van der Waals surface area contributed by atoms with Crippen LogP contribution >= 0.6 is 0 Å². The van der Waals surface area contributed by atoms with E-state index in [4.69, 9.17) is 4.74 Å². The fraction of sp³-hybridized carbons (Fsp3) is 0.500. The van der Waals surface area contributed by atoms with Gasteiger partial charge in [0.05, 0.1) is 7.11 Å². The van der Waals surface area contributed by atoms with Crippen molar-refractivity contribution in [3.63, 3.8) is 0 Å². The summed E-state index contributed by atoms with van der Waals surface area (Å²) >= 11 is 0. The van der Waals surface area contributed by atoms with E-state index in [-0.39, 0.29) is 5.56 Å². The third kappa shape index (κ3) is 7.58. The van der Waals surface area contributed by atoms with Gasteiger partial charge in [-0.15, -0.1) is 0 Å². The highest BCUT2D eigenvalue weighted by Crippen LogP contribution is 2.21. The molecule has 0 amide bonds. The van der Waals surface area contributed by atoms with Crippen molar-refractivity contribution in [2.75, 3.05) is 26.7 Å². The molecule has 0 spiro atoms. The largest absolute Gasteiger partial charge is 0.497 e. The second-order valence-corrected chi connectivity index (χ2v) is 7.51. The number of hydrogen-bond donors (Lipinski definition) is 2. The summed E-state index contributed by atoms with van der Waals surface area (Å²) in [5, 5.41) is 6.73. The van der Waals surface area contributed by atoms with Crippen LogP contribution in [0.1, 0.15) is 50.3 Å². The molecule has 2 N–H and O–H groups in total. The first-order chi connectivity index (χ1) is 14.5. The number of aliphatic imine (C=N–C) groups is 1. The van der Waals surface area contributed by atoms with Gasteiger partial charge < -0.3 is 19.9 Å². The van der Waals surface area contributed by atoms with Crippen molar-refractivity contribution in [3.8, 4) is 5.75 Å². The van der Waals surface area contributed by atoms with Crippen LogP contribution in [0.4, 0.5) is 0 Å². The molecule has 0 aliphatic carbocycles. The summed E-state index contributed by atoms with van der Waals surface area (Å²) in [6, 6.07) is 13.7. The van der Waals surface area contributed by atoms with Gasteiger partial charge in [0.2, 0.25) is 0 Å². The summed E-state index contributed by atoms with van der Waals surface area (Å²) in [7, 11) is 1.69. The van der Waals surface area contributed by atoms with E-state index >= 15 is 0 Å². The lowest BCUT2D eigenvalue weighted by Crippen LogP contribution is -2.38. The molecule has 1 atom stereocenters. The van der Waals surface area contributed by atoms with Crippen LogP contribution in [0.3, 0.4) is 0 Å². The zero-order chi connectivity index (χ0) is 21.8. The highest BCUT2D eigenvalue weighted by Gasteiger charge is 2.06. The number of hydrogen-bond acceptors (Lipinski definition) is 3. The summed E-state index contributed by atoms with van der Waals surface area (Å²) in [6.45, 7) is 9.45. The van der Waals surface area contributed by atoms with Crippen LogP contribution in [0.25, 0.3) is 0 Å². The van der Waals surface area contributed by atoms with Crippen molar-refractivity contribution in [2.24, 2.45) is 4.99 Å². The number of rotatable bonds is 11. The molecule has 0 aliphatic rings. The third-order valence-electron chi connectivity index (χ3n) is 5.23. The number of pyridine rings is 1. The maximum Gasteiger partial charge on any atom is 0.250 e. The highest BCUT2D eigenvalue weighted by atomic mass is 16.5. The zero-order valence-corrected chi connectivity index (χ0v) is 18.8. The standard InChI is InChI=1S/C24H36N4O2/c1-5-25-24(26-16-6-7-18-28-20(3)9-8-10-23(28)29)27-17-15-19(2)21-11-13-22(30-4)14-12-21/h8-14,19H,5-7,15-18H2,1-4H3,(H2,25,26,27). The van der Waals surface area contributed by atoms with E-state index in [2.05, 4.69) is 41.6 Å². The molecule has 2 aromatic rings. The molecule has 0 radical (unpaired) electrons. The molecule has 0 saturated heterocycles. The molecule has 1 unspecified atom stereocenters. The van der Waals surface area contributed by atoms with E-state index in [1.165, 1.54) is 5.56 Å². The van der Waals surface area contributed by atoms with Gasteiger partial charge in [0.1, 0.15) is 5.75 Å². The van der Waals surface area contributed by atoms with Gasteiger partial charge in [-0.05, 0) is 62.8 Å². The number of methoxy groups -OCH3 is 1. The van der Waals surface area contributed by atoms with Crippen molar-refractivity contribution in [3.05, 3.63) is 64.1 Å². The monoisotopic (exact) mass is 412 g/mol. The van der Waals surface area contributed by atoms with Crippen molar-refractivity contribution in [2.45, 2.75) is 52.5 Å². The Morgan fingerprint density at radius 1 is 1.13 bits per heavy atom. The van der Waals surface area contributed by atoms with E-state index < -0.39 is 0 Å². The average molecular weight is 413 g/mol. The van der Waals surface area contributed by atoms with E-state index in [1.807, 2.05) is 35.8 Å². The Morgan fingerprint density at radius 3 is 2.57 bits per heavy atom. The number of ether oxygens (including phenoxy) is 1. The smallest absolute Gasteiger partial charge is 0.250 e. The Hall–Kier alpha value is -2.76. The van der Waals surface area contributed by atoms with E-state index in [9.17, 15) is 4.79 Å². The van der Waals surface area contributed by atoms with Gasteiger partial charge in [0.15, 0.2) is 5.96 Å². The number of unbranched alkanes of at least 4 members (excludes halogenated alkanes) is 1. The summed E-state index contributed by atoms with van der Waals surface area (Å²) in [5.41, 5.74) is 2.39. The zero-order valence-electron chi connectivity index (χ0n) is 18.8. The molecule has 1 heterocycles. The fourth-order valence-corrected chi connectivity index (χ4v) is 3.33. The first-order valence-electron chi connectivity index (χ1n) is 10.9. The van der Waals surface area contributed by atoms with Gasteiger partial charge in [-0.3, -0.25) is 9.79 Å². The Morgan fingerprint density at radius 2 is 1.90 bits per heavy atom. The molecule has 30 heavy (non-hydrogen) atoms. The minimum Gasteiger partial charge on any atom is -0.497 e. The number of nitrogens with one attached hydrogen (secondary N) is 2. The highest BCUT2D eigenvalue weighted by molar-refractivity contribution is 5.79. The summed E-state index contributed by atoms with van der Waals surface area (Å²) in [5.74, 6) is 2.20. The lowest BCUT2D eigenvalue weighted by molar-refractivity contribution is 0.414. The molecule has 0 aliphatic heterocycles. The normalized spacial score (nSPS) is 12.5. The van der Waals surface area contributed by atoms with Crippen molar-refractivity contribution in [1.82, 2.24) is 15.2 Å². The van der Waals surface area contributed by atoms with Crippen LogP contribution < -0.4 is 20.9 Å². The molecule has 1 aromatic carbocycles. The molecule has 6 nitrogen and oxygen atoms in total. The van der Waals surface area contributed by atoms with Crippen LogP contribution in [0.5, 0.6) is 5.75 Å². The lowest BCUT2D eigenvalue weighted by Gasteiger charge is -2.15. The van der Waals surface area contributed by atoms with Crippen molar-refractivity contribution in [1.29, 1.82) is 0 Å². The van der Waals surface area contributed by atoms with E-state index in [0.29, 0.717) is 5.92 Å². The van der Waals surface area contributed by atoms with Gasteiger partial charge in [-0.25, -0.2) is 0 Å². The molecule has 2 rings (SSSR count). The summed E-state index contributed by atoms with van der Waals surface area (Å²) in [4.78, 5) is 16.6. The van der Waals surface area contributed by atoms with Gasteiger partial charge in [-0.2, -0.15) is 0 Å². The second kappa shape index (κ2) is 12.7. The minimum atomic E-state index is 0.0690. The van der Waals surface area contributed by atoms with Gasteiger partial charge in [0, 0.05) is 37.9 Å². The maximum absolute atomic E-state index is 11.9. The first kappa shape index (κ1) is 23.5. The molecular formula is C24H36N4O2. The Bertz CT molecular complexity index is 843. The molecule has 6 heteroatoms. The molecule has 0 saturated carbocycles. The minimum absolute atomic E-state index is 0.0690.